The van der Waals surface area contributed by atoms with Gasteiger partial charge in [0.05, 0.1) is 11.5 Å². The molecule has 1 N–H and O–H groups in total. The molecule has 0 unspecified atom stereocenters. The van der Waals surface area contributed by atoms with Crippen LogP contribution in [0.15, 0.2) is 63.8 Å². The summed E-state index contributed by atoms with van der Waals surface area (Å²) in [5.74, 6) is 0.0982. The molecule has 23 heavy (non-hydrogen) atoms. The molecule has 3 rings (SSSR count). The van der Waals surface area contributed by atoms with Gasteiger partial charge < -0.3 is 9.73 Å². The van der Waals surface area contributed by atoms with E-state index < -0.39 is 0 Å². The Morgan fingerprint density at radius 3 is 2.61 bits per heavy atom. The molecule has 0 radical (unpaired) electrons. The summed E-state index contributed by atoms with van der Waals surface area (Å²) in [7, 11) is 0. The maximum atomic E-state index is 12.1. The van der Waals surface area contributed by atoms with Crippen LogP contribution in [0.1, 0.15) is 6.42 Å². The monoisotopic (exact) mass is 304 g/mol. The fourth-order valence-corrected chi connectivity index (χ4v) is 2.24. The fraction of sp³-hybridized carbons (Fsp3) is 0.0556. The van der Waals surface area contributed by atoms with Crippen LogP contribution in [0.5, 0.6) is 0 Å². The first-order valence-electron chi connectivity index (χ1n) is 6.97. The fourth-order valence-electron chi connectivity index (χ4n) is 2.24. The summed E-state index contributed by atoms with van der Waals surface area (Å²) in [5.41, 5.74) is 1.73. The Morgan fingerprint density at radius 1 is 1.13 bits per heavy atom. The molecule has 112 valence electrons. The normalized spacial score (nSPS) is 10.2. The largest absolute Gasteiger partial charge is 0.456 e. The Balaban J connectivity index is 1.92. The summed E-state index contributed by atoms with van der Waals surface area (Å²) in [6, 6.07) is 17.2. The number of fused-ring (bicyclic) bond motifs is 1. The van der Waals surface area contributed by atoms with Crippen LogP contribution in [0, 0.1) is 11.3 Å². The molecule has 1 amide bonds. The van der Waals surface area contributed by atoms with Crippen molar-refractivity contribution in [3.63, 3.8) is 0 Å². The van der Waals surface area contributed by atoms with E-state index in [2.05, 4.69) is 5.32 Å². The molecule has 1 heterocycles. The third-order valence-corrected chi connectivity index (χ3v) is 3.33. The van der Waals surface area contributed by atoms with Crippen molar-refractivity contribution in [2.24, 2.45) is 0 Å². The lowest BCUT2D eigenvalue weighted by Crippen LogP contribution is -2.09. The molecule has 0 aliphatic heterocycles. The van der Waals surface area contributed by atoms with Crippen molar-refractivity contribution in [3.8, 4) is 17.4 Å². The number of hydrogen-bond donors (Lipinski definition) is 1. The second-order valence-electron chi connectivity index (χ2n) is 4.93. The van der Waals surface area contributed by atoms with E-state index in [9.17, 15) is 9.59 Å². The van der Waals surface area contributed by atoms with Gasteiger partial charge in [0.1, 0.15) is 17.8 Å². The third kappa shape index (κ3) is 3.11. The van der Waals surface area contributed by atoms with E-state index in [1.807, 2.05) is 6.07 Å². The van der Waals surface area contributed by atoms with Crippen molar-refractivity contribution in [1.82, 2.24) is 0 Å². The van der Waals surface area contributed by atoms with E-state index in [1.165, 1.54) is 6.07 Å². The molecule has 5 heteroatoms. The first-order chi connectivity index (χ1) is 11.2. The molecule has 1 aromatic heterocycles. The average molecular weight is 304 g/mol. The summed E-state index contributed by atoms with van der Waals surface area (Å²) in [4.78, 5) is 23.5. The molecule has 5 nitrogen and oxygen atoms in total. The summed E-state index contributed by atoms with van der Waals surface area (Å²) in [6.45, 7) is 0. The number of carbonyl (C=O) groups is 1. The molecular weight excluding hydrogens is 292 g/mol. The van der Waals surface area contributed by atoms with Crippen LogP contribution in [-0.4, -0.2) is 5.91 Å². The van der Waals surface area contributed by atoms with Gasteiger partial charge in [-0.15, -0.1) is 0 Å². The van der Waals surface area contributed by atoms with Crippen LogP contribution in [0.3, 0.4) is 0 Å². The van der Waals surface area contributed by atoms with Gasteiger partial charge in [-0.2, -0.15) is 5.26 Å². The highest BCUT2D eigenvalue weighted by Gasteiger charge is 2.07. The Labute approximate surface area is 131 Å². The number of nitrogens with one attached hydrogen (secondary N) is 1. The van der Waals surface area contributed by atoms with Gasteiger partial charge in [-0.05, 0) is 36.4 Å². The Hall–Kier alpha value is -3.39. The van der Waals surface area contributed by atoms with E-state index in [4.69, 9.17) is 9.68 Å². The molecule has 0 spiro atoms. The van der Waals surface area contributed by atoms with Gasteiger partial charge in [-0.1, -0.05) is 12.1 Å². The predicted molar refractivity (Wildman–Crippen MR) is 86.8 cm³/mol. The van der Waals surface area contributed by atoms with E-state index in [0.717, 1.165) is 5.56 Å². The number of benzene rings is 2. The lowest BCUT2D eigenvalue weighted by Gasteiger charge is -2.06. The molecular formula is C18H12N2O3. The summed E-state index contributed by atoms with van der Waals surface area (Å²) < 4.78 is 5.76. The van der Waals surface area contributed by atoms with Crippen molar-refractivity contribution in [2.75, 3.05) is 5.32 Å². The molecule has 3 aromatic rings. The first kappa shape index (κ1) is 14.5. The number of rotatable bonds is 3. The quantitative estimate of drug-likeness (QED) is 0.804. The number of anilines is 1. The molecule has 0 fully saturated rings. The van der Waals surface area contributed by atoms with Gasteiger partial charge in [-0.25, -0.2) is 0 Å². The average Bonchev–Trinajstić information content (AvgIpc) is 2.56. The number of nitriles is 1. The highest BCUT2D eigenvalue weighted by molar-refractivity contribution is 5.92. The van der Waals surface area contributed by atoms with Gasteiger partial charge in [-0.3, -0.25) is 9.59 Å². The predicted octanol–water partition coefficient (Wildman–Crippen LogP) is 3.31. The van der Waals surface area contributed by atoms with Gasteiger partial charge in [0.25, 0.3) is 0 Å². The van der Waals surface area contributed by atoms with Crippen LogP contribution >= 0.6 is 0 Å². The van der Waals surface area contributed by atoms with E-state index in [1.54, 1.807) is 48.5 Å². The van der Waals surface area contributed by atoms with Crippen molar-refractivity contribution in [3.05, 3.63) is 64.8 Å². The maximum absolute atomic E-state index is 12.1. The molecule has 0 saturated carbocycles. The summed E-state index contributed by atoms with van der Waals surface area (Å²) in [5, 5.41) is 11.6. The molecule has 0 aliphatic rings. The molecule has 0 bridgehead atoms. The number of hydrogen-bond acceptors (Lipinski definition) is 4. The zero-order valence-corrected chi connectivity index (χ0v) is 12.1. The maximum Gasteiger partial charge on any atom is 0.238 e. The lowest BCUT2D eigenvalue weighted by atomic mass is 10.1. The summed E-state index contributed by atoms with van der Waals surface area (Å²) >= 11 is 0. The number of nitrogens with zero attached hydrogens (tertiary/aromatic N) is 1. The van der Waals surface area contributed by atoms with Crippen molar-refractivity contribution < 1.29 is 9.21 Å². The zero-order chi connectivity index (χ0) is 16.2. The van der Waals surface area contributed by atoms with Crippen LogP contribution in [0.2, 0.25) is 0 Å². The van der Waals surface area contributed by atoms with E-state index >= 15 is 0 Å². The molecule has 2 aromatic carbocycles. The Bertz CT molecular complexity index is 966. The van der Waals surface area contributed by atoms with Gasteiger partial charge in [0, 0.05) is 17.3 Å². The smallest absolute Gasteiger partial charge is 0.238 e. The van der Waals surface area contributed by atoms with Gasteiger partial charge >= 0.3 is 0 Å². The Morgan fingerprint density at radius 2 is 1.87 bits per heavy atom. The van der Waals surface area contributed by atoms with Crippen LogP contribution in [-0.2, 0) is 4.79 Å². The third-order valence-electron chi connectivity index (χ3n) is 3.33. The highest BCUT2D eigenvalue weighted by atomic mass is 16.3. The molecule has 0 saturated heterocycles. The number of carbonyl (C=O) groups excluding carboxylic acids is 1. The highest BCUT2D eigenvalue weighted by Crippen LogP contribution is 2.23. The number of para-hydroxylation sites is 1. The number of amides is 1. The second kappa shape index (κ2) is 6.16. The van der Waals surface area contributed by atoms with Crippen molar-refractivity contribution >= 4 is 22.6 Å². The van der Waals surface area contributed by atoms with Gasteiger partial charge in [0.2, 0.25) is 5.91 Å². The van der Waals surface area contributed by atoms with Crippen LogP contribution < -0.4 is 10.7 Å². The first-order valence-corrected chi connectivity index (χ1v) is 6.97. The Kier molecular flexibility index (Phi) is 3.89. The minimum absolute atomic E-state index is 0.103. The van der Waals surface area contributed by atoms with Crippen LogP contribution in [0.4, 0.5) is 5.69 Å². The SMILES string of the molecule is N#CCC(=O)Nc1ccc(-c2cc(=O)c3ccccc3o2)cc1. The van der Waals surface area contributed by atoms with Crippen molar-refractivity contribution in [2.45, 2.75) is 6.42 Å². The van der Waals surface area contributed by atoms with Crippen molar-refractivity contribution in [1.29, 1.82) is 5.26 Å². The second-order valence-corrected chi connectivity index (χ2v) is 4.93. The standard InChI is InChI=1S/C18H12N2O3/c19-10-9-18(22)20-13-7-5-12(6-8-13)17-11-15(21)14-3-1-2-4-16(14)23-17/h1-8,11H,9H2,(H,20,22). The topological polar surface area (TPSA) is 83.1 Å². The zero-order valence-electron chi connectivity index (χ0n) is 12.1. The molecule has 0 aliphatic carbocycles. The van der Waals surface area contributed by atoms with Crippen LogP contribution in [0.25, 0.3) is 22.3 Å². The van der Waals surface area contributed by atoms with Gasteiger partial charge in [0.15, 0.2) is 5.43 Å². The molecule has 0 atom stereocenters. The summed E-state index contributed by atoms with van der Waals surface area (Å²) in [6.07, 6.45) is -0.193. The van der Waals surface area contributed by atoms with E-state index in [-0.39, 0.29) is 17.8 Å². The van der Waals surface area contributed by atoms with E-state index in [0.29, 0.717) is 22.4 Å². The minimum atomic E-state index is -0.363. The lowest BCUT2D eigenvalue weighted by molar-refractivity contribution is -0.115. The minimum Gasteiger partial charge on any atom is -0.456 e.